The van der Waals surface area contributed by atoms with E-state index in [0.29, 0.717) is 26.3 Å². The fourth-order valence-corrected chi connectivity index (χ4v) is 5.05. The average Bonchev–Trinajstić information content (AvgIpc) is 2.89. The minimum atomic E-state index is -0.687. The highest BCUT2D eigenvalue weighted by atomic mass is 16.5. The highest BCUT2D eigenvalue weighted by molar-refractivity contribution is 5.73. The van der Waals surface area contributed by atoms with Crippen molar-refractivity contribution in [2.45, 2.75) is 33.0 Å². The predicted molar refractivity (Wildman–Crippen MR) is 143 cm³/mol. The Morgan fingerprint density at radius 3 is 2.43 bits per heavy atom. The van der Waals surface area contributed by atoms with E-state index in [1.165, 1.54) is 22.3 Å². The zero-order valence-corrected chi connectivity index (χ0v) is 21.4. The van der Waals surface area contributed by atoms with E-state index in [1.807, 2.05) is 54.6 Å². The molecule has 1 heterocycles. The molecule has 1 saturated heterocycles. The Balaban J connectivity index is 1.20. The first-order chi connectivity index (χ1) is 18.0. The molecule has 3 aromatic rings. The Morgan fingerprint density at radius 2 is 1.68 bits per heavy atom. The number of carboxylic acid groups (broad SMARTS) is 1. The number of nitrogens with zero attached hydrogens (tertiary/aromatic N) is 1. The topological polar surface area (TPSA) is 68.2 Å². The summed E-state index contributed by atoms with van der Waals surface area (Å²) in [4.78, 5) is 13.3. The van der Waals surface area contributed by atoms with Crippen molar-refractivity contribution in [3.05, 3.63) is 94.6 Å². The molecule has 192 valence electrons. The van der Waals surface area contributed by atoms with Gasteiger partial charge in [0, 0.05) is 31.3 Å². The van der Waals surface area contributed by atoms with Crippen molar-refractivity contribution in [1.82, 2.24) is 4.90 Å². The number of hydrogen-bond donors (Lipinski definition) is 1. The van der Waals surface area contributed by atoms with Crippen LogP contribution in [0.5, 0.6) is 17.2 Å². The van der Waals surface area contributed by atoms with E-state index < -0.39 is 5.97 Å². The smallest absolute Gasteiger partial charge is 0.309 e. The third-order valence-corrected chi connectivity index (χ3v) is 7.33. The molecule has 6 heteroatoms. The molecule has 2 aliphatic rings. The summed E-state index contributed by atoms with van der Waals surface area (Å²) in [5, 5.41) is 9.12. The van der Waals surface area contributed by atoms with Gasteiger partial charge in [0.15, 0.2) is 0 Å². The quantitative estimate of drug-likeness (QED) is 0.392. The summed E-state index contributed by atoms with van der Waals surface area (Å²) in [7, 11) is 1.66. The third kappa shape index (κ3) is 5.81. The molecule has 0 amide bonds. The number of likely N-dealkylation sites (tertiary alicyclic amines) is 1. The first kappa shape index (κ1) is 24.9. The van der Waals surface area contributed by atoms with Crippen molar-refractivity contribution < 1.29 is 24.1 Å². The number of benzene rings is 3. The molecule has 0 bridgehead atoms. The molecular weight excluding hydrogens is 466 g/mol. The summed E-state index contributed by atoms with van der Waals surface area (Å²) in [6.07, 6.45) is 1.96. The molecule has 1 N–H and O–H groups in total. The Hall–Kier alpha value is -3.77. The number of carbonyl (C=O) groups is 1. The van der Waals surface area contributed by atoms with Crippen LogP contribution in [0.15, 0.2) is 72.3 Å². The van der Waals surface area contributed by atoms with Gasteiger partial charge in [-0.05, 0) is 66.3 Å². The number of aryl methyl sites for hydroxylation is 1. The predicted octanol–water partition coefficient (Wildman–Crippen LogP) is 5.59. The number of allylic oxidation sites excluding steroid dienone is 1. The van der Waals surface area contributed by atoms with Gasteiger partial charge in [-0.25, -0.2) is 0 Å². The number of hydrogen-bond acceptors (Lipinski definition) is 5. The second-order valence-corrected chi connectivity index (χ2v) is 9.81. The van der Waals surface area contributed by atoms with Crippen LogP contribution in [0.1, 0.15) is 35.6 Å². The summed E-state index contributed by atoms with van der Waals surface area (Å²) in [5.41, 5.74) is 7.35. The number of rotatable bonds is 10. The van der Waals surface area contributed by atoms with Crippen LogP contribution in [0.4, 0.5) is 0 Å². The molecule has 0 radical (unpaired) electrons. The highest BCUT2D eigenvalue weighted by Gasteiger charge is 2.33. The molecule has 1 aliphatic heterocycles. The lowest BCUT2D eigenvalue weighted by atomic mass is 9.85. The second-order valence-electron chi connectivity index (χ2n) is 9.81. The molecule has 0 aromatic heterocycles. The fourth-order valence-electron chi connectivity index (χ4n) is 5.05. The molecule has 1 aliphatic carbocycles. The summed E-state index contributed by atoms with van der Waals surface area (Å²) in [6, 6.07) is 22.2. The molecule has 1 fully saturated rings. The van der Waals surface area contributed by atoms with Crippen molar-refractivity contribution in [1.29, 1.82) is 0 Å². The van der Waals surface area contributed by atoms with Crippen LogP contribution in [0.2, 0.25) is 0 Å². The van der Waals surface area contributed by atoms with Gasteiger partial charge in [-0.2, -0.15) is 0 Å². The third-order valence-electron chi connectivity index (χ3n) is 7.33. The summed E-state index contributed by atoms with van der Waals surface area (Å²) in [6.45, 7) is 5.24. The maximum absolute atomic E-state index is 11.1. The Labute approximate surface area is 218 Å². The van der Waals surface area contributed by atoms with Crippen LogP contribution < -0.4 is 14.2 Å². The van der Waals surface area contributed by atoms with E-state index in [1.54, 1.807) is 7.11 Å². The van der Waals surface area contributed by atoms with Crippen LogP contribution in [0, 0.1) is 5.92 Å². The lowest BCUT2D eigenvalue weighted by Crippen LogP contribution is -2.50. The average molecular weight is 500 g/mol. The van der Waals surface area contributed by atoms with Crippen LogP contribution in [0.25, 0.3) is 5.57 Å². The van der Waals surface area contributed by atoms with E-state index in [0.717, 1.165) is 47.8 Å². The van der Waals surface area contributed by atoms with Gasteiger partial charge < -0.3 is 19.3 Å². The van der Waals surface area contributed by atoms with Gasteiger partial charge >= 0.3 is 5.97 Å². The van der Waals surface area contributed by atoms with E-state index in [2.05, 4.69) is 24.0 Å². The number of carboxylic acids is 1. The Kier molecular flexibility index (Phi) is 7.47. The summed E-state index contributed by atoms with van der Waals surface area (Å²) < 4.78 is 17.7. The van der Waals surface area contributed by atoms with E-state index in [-0.39, 0.29) is 5.92 Å². The van der Waals surface area contributed by atoms with Crippen LogP contribution >= 0.6 is 0 Å². The zero-order valence-electron chi connectivity index (χ0n) is 21.4. The zero-order chi connectivity index (χ0) is 25.8. The standard InChI is InChI=1S/C31H33NO5/c1-21-24(16-32-17-26(18-32)31(33)34)9-8-23-14-27(12-13-29(21)23)37-20-25-10-11-28(15-30(25)35-2)36-19-22-6-4-3-5-7-22/h3-7,10-15,26H,8-9,16-20H2,1-2H3,(H,33,34). The monoisotopic (exact) mass is 499 g/mol. The molecule has 3 aromatic carbocycles. The minimum Gasteiger partial charge on any atom is -0.496 e. The molecule has 5 rings (SSSR count). The van der Waals surface area contributed by atoms with Crippen molar-refractivity contribution in [2.75, 3.05) is 26.7 Å². The van der Waals surface area contributed by atoms with Crippen molar-refractivity contribution in [3.63, 3.8) is 0 Å². The van der Waals surface area contributed by atoms with E-state index in [4.69, 9.17) is 19.3 Å². The van der Waals surface area contributed by atoms with E-state index >= 15 is 0 Å². The van der Waals surface area contributed by atoms with Gasteiger partial charge in [0.25, 0.3) is 0 Å². The first-order valence-electron chi connectivity index (χ1n) is 12.7. The summed E-state index contributed by atoms with van der Waals surface area (Å²) >= 11 is 0. The van der Waals surface area contributed by atoms with Crippen LogP contribution in [-0.2, 0) is 24.4 Å². The first-order valence-corrected chi connectivity index (χ1v) is 12.7. The Morgan fingerprint density at radius 1 is 0.946 bits per heavy atom. The SMILES string of the molecule is COc1cc(OCc2ccccc2)ccc1COc1ccc2c(c1)CCC(CN1CC(C(=O)O)C1)=C2C. The maximum atomic E-state index is 11.1. The summed E-state index contributed by atoms with van der Waals surface area (Å²) in [5.74, 6) is 1.44. The highest BCUT2D eigenvalue weighted by Crippen LogP contribution is 2.35. The maximum Gasteiger partial charge on any atom is 0.309 e. The van der Waals surface area contributed by atoms with Crippen molar-refractivity contribution in [3.8, 4) is 17.2 Å². The van der Waals surface area contributed by atoms with Gasteiger partial charge in [0.2, 0.25) is 0 Å². The number of methoxy groups -OCH3 is 1. The molecule has 0 spiro atoms. The lowest BCUT2D eigenvalue weighted by molar-refractivity contribution is -0.147. The lowest BCUT2D eigenvalue weighted by Gasteiger charge is -2.38. The number of ether oxygens (including phenoxy) is 3. The van der Waals surface area contributed by atoms with Crippen LogP contribution in [0.3, 0.4) is 0 Å². The Bertz CT molecular complexity index is 1290. The largest absolute Gasteiger partial charge is 0.496 e. The van der Waals surface area contributed by atoms with Crippen LogP contribution in [-0.4, -0.2) is 42.7 Å². The van der Waals surface area contributed by atoms with Gasteiger partial charge in [0.05, 0.1) is 13.0 Å². The normalized spacial score (nSPS) is 15.6. The van der Waals surface area contributed by atoms with Gasteiger partial charge in [0.1, 0.15) is 30.5 Å². The molecule has 37 heavy (non-hydrogen) atoms. The van der Waals surface area contributed by atoms with Crippen molar-refractivity contribution >= 4 is 11.5 Å². The molecular formula is C31H33NO5. The molecule has 0 saturated carbocycles. The van der Waals surface area contributed by atoms with Gasteiger partial charge in [-0.15, -0.1) is 0 Å². The van der Waals surface area contributed by atoms with E-state index in [9.17, 15) is 4.79 Å². The van der Waals surface area contributed by atoms with Crippen molar-refractivity contribution in [2.24, 2.45) is 5.92 Å². The second kappa shape index (κ2) is 11.1. The number of aliphatic carboxylic acids is 1. The molecule has 0 atom stereocenters. The fraction of sp³-hybridized carbons (Fsp3) is 0.323. The number of fused-ring (bicyclic) bond motifs is 1. The minimum absolute atomic E-state index is 0.215. The molecule has 0 unspecified atom stereocenters. The van der Waals surface area contributed by atoms with Gasteiger partial charge in [-0.3, -0.25) is 9.69 Å². The van der Waals surface area contributed by atoms with Gasteiger partial charge in [-0.1, -0.05) is 42.0 Å². The molecule has 6 nitrogen and oxygen atoms in total.